The molecule has 1 aromatic carbocycles. The van der Waals surface area contributed by atoms with Crippen molar-refractivity contribution in [3.63, 3.8) is 0 Å². The van der Waals surface area contributed by atoms with Crippen LogP contribution in [0.25, 0.3) is 0 Å². The summed E-state index contributed by atoms with van der Waals surface area (Å²) in [4.78, 5) is -0.0666. The Bertz CT molecular complexity index is 586. The molecule has 0 radical (unpaired) electrons. The zero-order valence-corrected chi connectivity index (χ0v) is 14.3. The molecule has 0 saturated carbocycles. The molecule has 5 heteroatoms. The quantitative estimate of drug-likeness (QED) is 0.657. The minimum absolute atomic E-state index is 0.0666. The van der Waals surface area contributed by atoms with E-state index in [1.165, 1.54) is 25.0 Å². The summed E-state index contributed by atoms with van der Waals surface area (Å²) in [5, 5.41) is 8.75. The Labute approximate surface area is 133 Å². The van der Waals surface area contributed by atoms with Gasteiger partial charge in [-0.15, -0.1) is 0 Å². The van der Waals surface area contributed by atoms with Crippen LogP contribution in [0.4, 0.5) is 0 Å². The number of benzene rings is 1. The fraction of sp³-hybridized carbons (Fsp3) is 0.529. The Kier molecular flexibility index (Phi) is 6.78. The minimum atomic E-state index is -4.02. The molecule has 1 aliphatic carbocycles. The lowest BCUT2D eigenvalue weighted by molar-refractivity contribution is 0.222. The van der Waals surface area contributed by atoms with Crippen molar-refractivity contribution in [1.29, 1.82) is 0 Å². The van der Waals surface area contributed by atoms with Gasteiger partial charge in [0.1, 0.15) is 0 Å². The third kappa shape index (κ3) is 6.73. The van der Waals surface area contributed by atoms with Gasteiger partial charge in [-0.3, -0.25) is 4.55 Å². The molecule has 0 amide bonds. The van der Waals surface area contributed by atoms with Gasteiger partial charge < -0.3 is 5.11 Å². The van der Waals surface area contributed by atoms with E-state index in [1.807, 2.05) is 6.92 Å². The highest BCUT2D eigenvalue weighted by Gasteiger charge is 2.23. The first-order chi connectivity index (χ1) is 10.1. The van der Waals surface area contributed by atoms with Crippen LogP contribution in [0.15, 0.2) is 41.3 Å². The smallest absolute Gasteiger partial charge is 0.294 e. The number of aliphatic hydroxyl groups excluding tert-OH is 1. The second-order valence-electron chi connectivity index (χ2n) is 6.56. The van der Waals surface area contributed by atoms with E-state index in [-0.39, 0.29) is 4.90 Å². The molecule has 1 unspecified atom stereocenters. The van der Waals surface area contributed by atoms with E-state index in [0.29, 0.717) is 17.9 Å². The first-order valence-electron chi connectivity index (χ1n) is 7.46. The standard InChI is InChI=1S/C10H18O.C7H8O3S/c1-10(2)6-3-4-9(8-10)5-7-11;1-6-2-4-7(5-3-6)11(8,9)10/h3-4,9,11H,5-8H2,1-2H3;2-5H,1H3,(H,8,9,10). The van der Waals surface area contributed by atoms with E-state index in [4.69, 9.17) is 9.66 Å². The molecular weight excluding hydrogens is 300 g/mol. The molecule has 0 heterocycles. The summed E-state index contributed by atoms with van der Waals surface area (Å²) in [6.45, 7) is 6.75. The zero-order chi connectivity index (χ0) is 16.8. The van der Waals surface area contributed by atoms with Crippen molar-refractivity contribution < 1.29 is 18.1 Å². The Balaban J connectivity index is 0.000000220. The van der Waals surface area contributed by atoms with Gasteiger partial charge >= 0.3 is 0 Å². The molecule has 22 heavy (non-hydrogen) atoms. The number of allylic oxidation sites excluding steroid dienone is 2. The van der Waals surface area contributed by atoms with Crippen molar-refractivity contribution in [1.82, 2.24) is 0 Å². The molecular formula is C17H26O4S. The fourth-order valence-electron chi connectivity index (χ4n) is 2.52. The van der Waals surface area contributed by atoms with Gasteiger partial charge in [-0.1, -0.05) is 43.7 Å². The number of hydrogen-bond acceptors (Lipinski definition) is 3. The third-order valence-electron chi connectivity index (χ3n) is 3.71. The maximum atomic E-state index is 10.5. The highest BCUT2D eigenvalue weighted by molar-refractivity contribution is 7.85. The molecule has 1 atom stereocenters. The Morgan fingerprint density at radius 1 is 1.23 bits per heavy atom. The van der Waals surface area contributed by atoms with E-state index in [2.05, 4.69) is 26.0 Å². The summed E-state index contributed by atoms with van der Waals surface area (Å²) in [6.07, 6.45) is 7.85. The van der Waals surface area contributed by atoms with Crippen molar-refractivity contribution in [3.05, 3.63) is 42.0 Å². The summed E-state index contributed by atoms with van der Waals surface area (Å²) in [6, 6.07) is 5.99. The number of aliphatic hydroxyl groups is 1. The molecule has 124 valence electrons. The molecule has 0 aliphatic heterocycles. The molecule has 1 aliphatic rings. The van der Waals surface area contributed by atoms with Crippen molar-refractivity contribution in [2.24, 2.45) is 11.3 Å². The number of aryl methyl sites for hydroxylation is 1. The van der Waals surface area contributed by atoms with E-state index in [9.17, 15) is 8.42 Å². The maximum Gasteiger partial charge on any atom is 0.294 e. The molecule has 2 rings (SSSR count). The molecule has 0 bridgehead atoms. The molecule has 2 N–H and O–H groups in total. The van der Waals surface area contributed by atoms with E-state index < -0.39 is 10.1 Å². The first-order valence-corrected chi connectivity index (χ1v) is 8.90. The highest BCUT2D eigenvalue weighted by Crippen LogP contribution is 2.35. The van der Waals surface area contributed by atoms with Crippen LogP contribution >= 0.6 is 0 Å². The number of rotatable bonds is 3. The van der Waals surface area contributed by atoms with Crippen molar-refractivity contribution in [2.45, 2.75) is 44.9 Å². The Morgan fingerprint density at radius 3 is 2.27 bits per heavy atom. The van der Waals surface area contributed by atoms with Crippen LogP contribution in [0.1, 0.15) is 38.7 Å². The van der Waals surface area contributed by atoms with Crippen LogP contribution in [0.5, 0.6) is 0 Å². The zero-order valence-electron chi connectivity index (χ0n) is 13.5. The monoisotopic (exact) mass is 326 g/mol. The largest absolute Gasteiger partial charge is 0.396 e. The third-order valence-corrected chi connectivity index (χ3v) is 4.58. The molecule has 0 fully saturated rings. The summed E-state index contributed by atoms with van der Waals surface area (Å²) in [7, 11) is -4.02. The first kappa shape index (κ1) is 18.9. The van der Waals surface area contributed by atoms with Gasteiger partial charge in [-0.25, -0.2) is 0 Å². The minimum Gasteiger partial charge on any atom is -0.396 e. The van der Waals surface area contributed by atoms with E-state index >= 15 is 0 Å². The Hall–Kier alpha value is -1.17. The van der Waals surface area contributed by atoms with Gasteiger partial charge in [0.25, 0.3) is 10.1 Å². The molecule has 0 aromatic heterocycles. The fourth-order valence-corrected chi connectivity index (χ4v) is 3.00. The van der Waals surface area contributed by atoms with Crippen LogP contribution in [-0.2, 0) is 10.1 Å². The lowest BCUT2D eigenvalue weighted by Gasteiger charge is -2.30. The summed E-state index contributed by atoms with van der Waals surface area (Å²) in [5.41, 5.74) is 1.41. The van der Waals surface area contributed by atoms with Gasteiger partial charge in [0.15, 0.2) is 0 Å². The van der Waals surface area contributed by atoms with Gasteiger partial charge in [-0.05, 0) is 49.7 Å². The lowest BCUT2D eigenvalue weighted by atomic mass is 9.75. The van der Waals surface area contributed by atoms with Crippen LogP contribution in [0.2, 0.25) is 0 Å². The number of hydrogen-bond donors (Lipinski definition) is 2. The van der Waals surface area contributed by atoms with Crippen LogP contribution < -0.4 is 0 Å². The van der Waals surface area contributed by atoms with Crippen LogP contribution in [0, 0.1) is 18.3 Å². The molecule has 1 aromatic rings. The maximum absolute atomic E-state index is 10.5. The molecule has 0 saturated heterocycles. The van der Waals surface area contributed by atoms with Crippen molar-refractivity contribution >= 4 is 10.1 Å². The summed E-state index contributed by atoms with van der Waals surface area (Å²) in [5.74, 6) is 0.615. The SMILES string of the molecule is CC1(C)CC=CC(CCO)C1.Cc1ccc(S(=O)(=O)O)cc1. The van der Waals surface area contributed by atoms with Gasteiger partial charge in [0.05, 0.1) is 4.90 Å². The average molecular weight is 326 g/mol. The van der Waals surface area contributed by atoms with Crippen molar-refractivity contribution in [3.8, 4) is 0 Å². The summed E-state index contributed by atoms with van der Waals surface area (Å²) < 4.78 is 29.6. The Morgan fingerprint density at radius 2 is 1.82 bits per heavy atom. The average Bonchev–Trinajstić information content (AvgIpc) is 2.38. The van der Waals surface area contributed by atoms with Gasteiger partial charge in [-0.2, -0.15) is 8.42 Å². The summed E-state index contributed by atoms with van der Waals surface area (Å²) >= 11 is 0. The molecule has 4 nitrogen and oxygen atoms in total. The topological polar surface area (TPSA) is 74.6 Å². The molecule has 0 spiro atoms. The predicted molar refractivity (Wildman–Crippen MR) is 88.3 cm³/mol. The van der Waals surface area contributed by atoms with Crippen LogP contribution in [0.3, 0.4) is 0 Å². The van der Waals surface area contributed by atoms with Gasteiger partial charge in [0.2, 0.25) is 0 Å². The highest BCUT2D eigenvalue weighted by atomic mass is 32.2. The van der Waals surface area contributed by atoms with Crippen molar-refractivity contribution in [2.75, 3.05) is 6.61 Å². The lowest BCUT2D eigenvalue weighted by Crippen LogP contribution is -2.19. The normalized spacial score (nSPS) is 20.1. The second-order valence-corrected chi connectivity index (χ2v) is 7.98. The second kappa shape index (κ2) is 7.90. The van der Waals surface area contributed by atoms with E-state index in [0.717, 1.165) is 12.0 Å². The predicted octanol–water partition coefficient (Wildman–Crippen LogP) is 3.60. The van der Waals surface area contributed by atoms with Crippen LogP contribution in [-0.4, -0.2) is 24.7 Å². The van der Waals surface area contributed by atoms with E-state index in [1.54, 1.807) is 12.1 Å². The van der Waals surface area contributed by atoms with Gasteiger partial charge in [0, 0.05) is 6.61 Å².